The first-order valence-electron chi connectivity index (χ1n) is 8.66. The van der Waals surface area contributed by atoms with E-state index in [9.17, 15) is 13.6 Å². The van der Waals surface area contributed by atoms with Crippen molar-refractivity contribution in [2.24, 2.45) is 0 Å². The van der Waals surface area contributed by atoms with Crippen molar-refractivity contribution in [2.75, 3.05) is 5.32 Å². The van der Waals surface area contributed by atoms with Gasteiger partial charge in [0, 0.05) is 10.7 Å². The van der Waals surface area contributed by atoms with Gasteiger partial charge < -0.3 is 19.2 Å². The Labute approximate surface area is 171 Å². The summed E-state index contributed by atoms with van der Waals surface area (Å²) in [6, 6.07) is 12.7. The number of benzene rings is 2. The van der Waals surface area contributed by atoms with Gasteiger partial charge in [-0.25, -0.2) is 0 Å². The molecule has 29 heavy (non-hydrogen) atoms. The topological polar surface area (TPSA) is 60.7 Å². The Morgan fingerprint density at radius 3 is 2.59 bits per heavy atom. The third-order valence-electron chi connectivity index (χ3n) is 4.06. The number of ether oxygens (including phenoxy) is 2. The third-order valence-corrected chi connectivity index (χ3v) is 4.30. The van der Waals surface area contributed by atoms with Crippen LogP contribution in [0.3, 0.4) is 0 Å². The molecular weight excluding hydrogens is 404 g/mol. The van der Waals surface area contributed by atoms with Crippen molar-refractivity contribution >= 4 is 23.2 Å². The molecule has 2 aromatic carbocycles. The van der Waals surface area contributed by atoms with Crippen molar-refractivity contribution in [3.05, 3.63) is 76.2 Å². The van der Waals surface area contributed by atoms with E-state index >= 15 is 0 Å². The van der Waals surface area contributed by atoms with Crippen molar-refractivity contribution in [2.45, 2.75) is 27.1 Å². The molecule has 8 heteroatoms. The van der Waals surface area contributed by atoms with Crippen LogP contribution in [0.4, 0.5) is 14.5 Å². The largest absolute Gasteiger partial charge is 0.485 e. The number of aryl methyl sites for hydroxylation is 2. The molecule has 0 unspecified atom stereocenters. The quantitative estimate of drug-likeness (QED) is 0.509. The number of halogens is 3. The lowest BCUT2D eigenvalue weighted by molar-refractivity contribution is -0.0498. The highest BCUT2D eigenvalue weighted by molar-refractivity contribution is 6.30. The molecule has 0 bridgehead atoms. The lowest BCUT2D eigenvalue weighted by Crippen LogP contribution is -2.12. The molecule has 0 atom stereocenters. The van der Waals surface area contributed by atoms with Crippen molar-refractivity contribution in [1.29, 1.82) is 0 Å². The van der Waals surface area contributed by atoms with Gasteiger partial charge >= 0.3 is 6.61 Å². The van der Waals surface area contributed by atoms with E-state index in [0.29, 0.717) is 27.8 Å². The Bertz CT molecular complexity index is 1020. The maximum absolute atomic E-state index is 12.4. The SMILES string of the molecule is Cc1cc(OC(F)F)ccc1NC(=O)c1ccc(COc2ccc(Cl)cc2C)o1. The Hall–Kier alpha value is -3.06. The van der Waals surface area contributed by atoms with E-state index in [4.69, 9.17) is 20.8 Å². The predicted octanol–water partition coefficient (Wildman–Crippen LogP) is 5.98. The molecule has 3 aromatic rings. The Morgan fingerprint density at radius 1 is 1.10 bits per heavy atom. The van der Waals surface area contributed by atoms with Crippen LogP contribution in [0.25, 0.3) is 0 Å². The molecule has 0 fully saturated rings. The molecule has 0 aliphatic rings. The van der Waals surface area contributed by atoms with Gasteiger partial charge in [0.1, 0.15) is 23.9 Å². The molecule has 1 amide bonds. The van der Waals surface area contributed by atoms with Crippen LogP contribution in [0.5, 0.6) is 11.5 Å². The minimum atomic E-state index is -2.91. The fourth-order valence-electron chi connectivity index (χ4n) is 2.64. The van der Waals surface area contributed by atoms with Gasteiger partial charge in [0.2, 0.25) is 0 Å². The van der Waals surface area contributed by atoms with E-state index in [0.717, 1.165) is 5.56 Å². The minimum Gasteiger partial charge on any atom is -0.485 e. The number of carbonyl (C=O) groups excluding carboxylic acids is 1. The maximum Gasteiger partial charge on any atom is 0.387 e. The monoisotopic (exact) mass is 421 g/mol. The zero-order valence-corrected chi connectivity index (χ0v) is 16.4. The first-order chi connectivity index (χ1) is 13.8. The summed E-state index contributed by atoms with van der Waals surface area (Å²) in [5.74, 6) is 0.791. The molecule has 1 aromatic heterocycles. The van der Waals surface area contributed by atoms with Gasteiger partial charge in [-0.15, -0.1) is 0 Å². The molecule has 1 heterocycles. The number of furan rings is 1. The van der Waals surface area contributed by atoms with E-state index < -0.39 is 12.5 Å². The predicted molar refractivity (Wildman–Crippen MR) is 105 cm³/mol. The van der Waals surface area contributed by atoms with Gasteiger partial charge in [0.25, 0.3) is 5.91 Å². The van der Waals surface area contributed by atoms with E-state index in [1.54, 1.807) is 31.2 Å². The summed E-state index contributed by atoms with van der Waals surface area (Å²) in [5, 5.41) is 3.30. The summed E-state index contributed by atoms with van der Waals surface area (Å²) < 4.78 is 40.1. The molecule has 5 nitrogen and oxygen atoms in total. The highest BCUT2D eigenvalue weighted by Gasteiger charge is 2.14. The summed E-state index contributed by atoms with van der Waals surface area (Å²) in [5.41, 5.74) is 1.92. The average Bonchev–Trinajstić information content (AvgIpc) is 3.12. The highest BCUT2D eigenvalue weighted by Crippen LogP contribution is 2.25. The highest BCUT2D eigenvalue weighted by atomic mass is 35.5. The van der Waals surface area contributed by atoms with Crippen LogP contribution in [0.15, 0.2) is 52.9 Å². The Kier molecular flexibility index (Phi) is 6.39. The molecule has 0 saturated carbocycles. The van der Waals surface area contributed by atoms with Gasteiger partial charge in [-0.2, -0.15) is 8.78 Å². The van der Waals surface area contributed by atoms with Crippen molar-refractivity contribution in [3.8, 4) is 11.5 Å². The number of amides is 1. The maximum atomic E-state index is 12.4. The Morgan fingerprint density at radius 2 is 1.90 bits per heavy atom. The second kappa shape index (κ2) is 8.96. The first kappa shape index (κ1) is 20.7. The molecule has 1 N–H and O–H groups in total. The number of hydrogen-bond donors (Lipinski definition) is 1. The molecular formula is C21H18ClF2NO4. The summed E-state index contributed by atoms with van der Waals surface area (Å²) in [6.45, 7) is 0.788. The van der Waals surface area contributed by atoms with Crippen LogP contribution in [-0.4, -0.2) is 12.5 Å². The summed E-state index contributed by atoms with van der Waals surface area (Å²) in [6.07, 6.45) is 0. The van der Waals surface area contributed by atoms with Crippen LogP contribution in [-0.2, 0) is 6.61 Å². The second-order valence-corrected chi connectivity index (χ2v) is 6.71. The number of hydrogen-bond acceptors (Lipinski definition) is 4. The van der Waals surface area contributed by atoms with Gasteiger partial charge in [-0.1, -0.05) is 11.6 Å². The number of carbonyl (C=O) groups is 1. The third kappa shape index (κ3) is 5.48. The fraction of sp³-hybridized carbons (Fsp3) is 0.190. The van der Waals surface area contributed by atoms with E-state index in [-0.39, 0.29) is 18.1 Å². The average molecular weight is 422 g/mol. The molecule has 0 aliphatic carbocycles. The number of rotatable bonds is 7. The van der Waals surface area contributed by atoms with E-state index in [2.05, 4.69) is 10.1 Å². The first-order valence-corrected chi connectivity index (χ1v) is 9.04. The summed E-state index contributed by atoms with van der Waals surface area (Å²) in [7, 11) is 0. The smallest absolute Gasteiger partial charge is 0.387 e. The lowest BCUT2D eigenvalue weighted by Gasteiger charge is -2.10. The zero-order chi connectivity index (χ0) is 21.0. The van der Waals surface area contributed by atoms with Crippen LogP contribution in [0, 0.1) is 13.8 Å². The number of nitrogens with one attached hydrogen (secondary N) is 1. The van der Waals surface area contributed by atoms with Crippen LogP contribution in [0.1, 0.15) is 27.4 Å². The number of alkyl halides is 2. The van der Waals surface area contributed by atoms with Crippen molar-refractivity contribution in [3.63, 3.8) is 0 Å². The van der Waals surface area contributed by atoms with Crippen LogP contribution < -0.4 is 14.8 Å². The Balaban J connectivity index is 1.62. The van der Waals surface area contributed by atoms with E-state index in [1.165, 1.54) is 24.3 Å². The van der Waals surface area contributed by atoms with Gasteiger partial charge in [-0.05, 0) is 73.5 Å². The standard InChI is InChI=1S/C21H18ClF2NO4/c1-12-10-15(29-21(23)24)4-6-17(12)25-20(26)19-8-5-16(28-19)11-27-18-7-3-14(22)9-13(18)2/h3-10,21H,11H2,1-2H3,(H,25,26). The van der Waals surface area contributed by atoms with Crippen LogP contribution in [0.2, 0.25) is 5.02 Å². The summed E-state index contributed by atoms with van der Waals surface area (Å²) >= 11 is 5.92. The zero-order valence-electron chi connectivity index (χ0n) is 15.7. The molecule has 0 saturated heterocycles. The molecule has 152 valence electrons. The molecule has 0 aliphatic heterocycles. The normalized spacial score (nSPS) is 10.8. The summed E-state index contributed by atoms with van der Waals surface area (Å²) in [4.78, 5) is 12.4. The molecule has 0 spiro atoms. The molecule has 3 rings (SSSR count). The van der Waals surface area contributed by atoms with Gasteiger partial charge in [0.15, 0.2) is 5.76 Å². The van der Waals surface area contributed by atoms with Crippen molar-refractivity contribution in [1.82, 2.24) is 0 Å². The van der Waals surface area contributed by atoms with Gasteiger partial charge in [-0.3, -0.25) is 4.79 Å². The van der Waals surface area contributed by atoms with E-state index in [1.807, 2.05) is 6.92 Å². The van der Waals surface area contributed by atoms with Gasteiger partial charge in [0.05, 0.1) is 0 Å². The fourth-order valence-corrected chi connectivity index (χ4v) is 2.86. The number of anilines is 1. The molecule has 0 radical (unpaired) electrons. The van der Waals surface area contributed by atoms with Crippen molar-refractivity contribution < 1.29 is 27.5 Å². The minimum absolute atomic E-state index is 0.0189. The van der Waals surface area contributed by atoms with Crippen LogP contribution >= 0.6 is 11.6 Å². The lowest BCUT2D eigenvalue weighted by atomic mass is 10.2. The second-order valence-electron chi connectivity index (χ2n) is 6.27.